The normalized spacial score (nSPS) is 20.7. The van der Waals surface area contributed by atoms with Crippen molar-refractivity contribution in [2.75, 3.05) is 13.6 Å². The van der Waals surface area contributed by atoms with Crippen LogP contribution in [0.5, 0.6) is 5.75 Å². The molecule has 5 heteroatoms. The van der Waals surface area contributed by atoms with Gasteiger partial charge in [-0.1, -0.05) is 0 Å². The van der Waals surface area contributed by atoms with Crippen molar-refractivity contribution in [3.8, 4) is 5.75 Å². The third-order valence-electron chi connectivity index (χ3n) is 3.23. The Morgan fingerprint density at radius 2 is 2.32 bits per heavy atom. The molecule has 0 aromatic carbocycles. The number of nitrogens with zero attached hydrogens (tertiary/aromatic N) is 2. The van der Waals surface area contributed by atoms with Crippen molar-refractivity contribution in [3.05, 3.63) is 23.5 Å². The van der Waals surface area contributed by atoms with Gasteiger partial charge in [-0.25, -0.2) is 0 Å². The van der Waals surface area contributed by atoms with Crippen LogP contribution >= 0.6 is 0 Å². The molecule has 2 unspecified atom stereocenters. The van der Waals surface area contributed by atoms with Crippen LogP contribution in [0.2, 0.25) is 0 Å². The highest BCUT2D eigenvalue weighted by molar-refractivity contribution is 5.83. The zero-order chi connectivity index (χ0) is 14.0. The van der Waals surface area contributed by atoms with Crippen LogP contribution in [-0.2, 0) is 11.2 Å². The van der Waals surface area contributed by atoms with Gasteiger partial charge in [0.05, 0.1) is 5.69 Å². The van der Waals surface area contributed by atoms with Gasteiger partial charge in [0, 0.05) is 38.2 Å². The Hall–Kier alpha value is -1.62. The Morgan fingerprint density at radius 3 is 2.89 bits per heavy atom. The number of likely N-dealkylation sites (N-methyl/N-ethyl adjacent to an activating group) is 1. The summed E-state index contributed by atoms with van der Waals surface area (Å²) in [5.74, 6) is 0.712. The van der Waals surface area contributed by atoms with E-state index in [4.69, 9.17) is 10.5 Å². The van der Waals surface area contributed by atoms with Crippen LogP contribution in [0.4, 0.5) is 0 Å². The fourth-order valence-electron chi connectivity index (χ4n) is 2.21. The van der Waals surface area contributed by atoms with Crippen molar-refractivity contribution >= 4 is 5.91 Å². The molecular weight excluding hydrogens is 242 g/mol. The zero-order valence-corrected chi connectivity index (χ0v) is 11.7. The summed E-state index contributed by atoms with van der Waals surface area (Å²) in [5, 5.41) is 0. The number of rotatable bonds is 4. The molecule has 104 valence electrons. The number of ether oxygens (including phenoxy) is 1. The summed E-state index contributed by atoms with van der Waals surface area (Å²) in [6.07, 6.45) is 0.982. The van der Waals surface area contributed by atoms with Gasteiger partial charge in [-0.15, -0.1) is 0 Å². The lowest BCUT2D eigenvalue weighted by Crippen LogP contribution is -2.30. The lowest BCUT2D eigenvalue weighted by atomic mass is 10.1. The minimum Gasteiger partial charge on any atom is -0.479 e. The molecule has 2 heterocycles. The van der Waals surface area contributed by atoms with E-state index >= 15 is 0 Å². The smallest absolute Gasteiger partial charge is 0.263 e. The molecule has 1 aromatic heterocycles. The molecule has 0 aliphatic carbocycles. The quantitative estimate of drug-likeness (QED) is 0.876. The highest BCUT2D eigenvalue weighted by Gasteiger charge is 2.31. The average Bonchev–Trinajstić information content (AvgIpc) is 2.64. The van der Waals surface area contributed by atoms with Crippen LogP contribution in [0.25, 0.3) is 0 Å². The second-order valence-electron chi connectivity index (χ2n) is 5.23. The molecule has 0 saturated carbocycles. The Bertz CT molecular complexity index is 474. The molecule has 2 atom stereocenters. The first kappa shape index (κ1) is 13.8. The lowest BCUT2D eigenvalue weighted by molar-refractivity contribution is -0.132. The molecule has 1 aliphatic heterocycles. The van der Waals surface area contributed by atoms with Crippen molar-refractivity contribution in [1.29, 1.82) is 0 Å². The molecule has 0 radical (unpaired) electrons. The summed E-state index contributed by atoms with van der Waals surface area (Å²) in [7, 11) is 1.79. The predicted octanol–water partition coefficient (Wildman–Crippen LogP) is 0.889. The van der Waals surface area contributed by atoms with Crippen molar-refractivity contribution in [2.24, 2.45) is 5.73 Å². The fourth-order valence-corrected chi connectivity index (χ4v) is 2.21. The summed E-state index contributed by atoms with van der Waals surface area (Å²) in [5.41, 5.74) is 7.59. The first-order valence-electron chi connectivity index (χ1n) is 6.61. The van der Waals surface area contributed by atoms with E-state index in [1.165, 1.54) is 0 Å². The Morgan fingerprint density at radius 1 is 1.58 bits per heavy atom. The fraction of sp³-hybridized carbons (Fsp3) is 0.571. The van der Waals surface area contributed by atoms with E-state index in [-0.39, 0.29) is 18.1 Å². The Labute approximate surface area is 113 Å². The first-order chi connectivity index (χ1) is 8.97. The summed E-state index contributed by atoms with van der Waals surface area (Å²) < 4.78 is 5.84. The first-order valence-corrected chi connectivity index (χ1v) is 6.61. The van der Waals surface area contributed by atoms with E-state index in [1.54, 1.807) is 11.9 Å². The van der Waals surface area contributed by atoms with E-state index in [1.807, 2.05) is 26.0 Å². The van der Waals surface area contributed by atoms with E-state index in [2.05, 4.69) is 4.98 Å². The second kappa shape index (κ2) is 5.57. The van der Waals surface area contributed by atoms with Gasteiger partial charge in [0.2, 0.25) is 0 Å². The van der Waals surface area contributed by atoms with Crippen LogP contribution in [0.3, 0.4) is 0 Å². The maximum Gasteiger partial charge on any atom is 0.263 e. The third kappa shape index (κ3) is 3.23. The van der Waals surface area contributed by atoms with Gasteiger partial charge in [0.15, 0.2) is 6.10 Å². The standard InChI is InChI=1S/C14H21N3O2/c1-9(15)8-11-12(5-4-10(2)16-11)19-13-6-7-17(3)14(13)18/h4-5,9,13H,6-8,15H2,1-3H3. The number of hydrogen-bond acceptors (Lipinski definition) is 4. The topological polar surface area (TPSA) is 68.5 Å². The van der Waals surface area contributed by atoms with Crippen molar-refractivity contribution in [3.63, 3.8) is 0 Å². The number of nitrogens with two attached hydrogens (primary N) is 1. The zero-order valence-electron chi connectivity index (χ0n) is 11.7. The number of carbonyl (C=O) groups excluding carboxylic acids is 1. The minimum atomic E-state index is -0.388. The third-order valence-corrected chi connectivity index (χ3v) is 3.23. The highest BCUT2D eigenvalue weighted by Crippen LogP contribution is 2.23. The number of hydrogen-bond donors (Lipinski definition) is 1. The molecule has 1 fully saturated rings. The van der Waals surface area contributed by atoms with Gasteiger partial charge in [-0.2, -0.15) is 0 Å². The average molecular weight is 263 g/mol. The van der Waals surface area contributed by atoms with Crippen molar-refractivity contribution in [1.82, 2.24) is 9.88 Å². The van der Waals surface area contributed by atoms with Crippen LogP contribution in [0.15, 0.2) is 12.1 Å². The molecule has 2 N–H and O–H groups in total. The van der Waals surface area contributed by atoms with Gasteiger partial charge in [-0.05, 0) is 26.0 Å². The molecule has 1 saturated heterocycles. The molecule has 0 spiro atoms. The minimum absolute atomic E-state index is 0.0126. The molecule has 1 amide bonds. The molecule has 1 aliphatic rings. The van der Waals surface area contributed by atoms with E-state index in [9.17, 15) is 4.79 Å². The largest absolute Gasteiger partial charge is 0.479 e. The maximum absolute atomic E-state index is 11.9. The number of carbonyl (C=O) groups is 1. The molecule has 1 aromatic rings. The predicted molar refractivity (Wildman–Crippen MR) is 73.0 cm³/mol. The van der Waals surface area contributed by atoms with Gasteiger partial charge in [0.25, 0.3) is 5.91 Å². The summed E-state index contributed by atoms with van der Waals surface area (Å²) >= 11 is 0. The van der Waals surface area contributed by atoms with Crippen LogP contribution in [0, 0.1) is 6.92 Å². The Balaban J connectivity index is 2.17. The Kier molecular flexibility index (Phi) is 4.04. The van der Waals surface area contributed by atoms with Crippen LogP contribution < -0.4 is 10.5 Å². The van der Waals surface area contributed by atoms with E-state index < -0.39 is 0 Å². The second-order valence-corrected chi connectivity index (χ2v) is 5.23. The van der Waals surface area contributed by atoms with Gasteiger partial charge < -0.3 is 15.4 Å². The number of pyridine rings is 1. The monoisotopic (exact) mass is 263 g/mol. The van der Waals surface area contributed by atoms with Crippen LogP contribution in [0.1, 0.15) is 24.7 Å². The van der Waals surface area contributed by atoms with Gasteiger partial charge in [-0.3, -0.25) is 9.78 Å². The van der Waals surface area contributed by atoms with Crippen molar-refractivity contribution < 1.29 is 9.53 Å². The van der Waals surface area contributed by atoms with Crippen LogP contribution in [-0.4, -0.2) is 41.5 Å². The number of aryl methyl sites for hydroxylation is 1. The molecule has 5 nitrogen and oxygen atoms in total. The molecular formula is C14H21N3O2. The van der Waals surface area contributed by atoms with E-state index in [0.717, 1.165) is 24.4 Å². The highest BCUT2D eigenvalue weighted by atomic mass is 16.5. The van der Waals surface area contributed by atoms with E-state index in [0.29, 0.717) is 12.2 Å². The number of aromatic nitrogens is 1. The maximum atomic E-state index is 11.9. The van der Waals surface area contributed by atoms with Crippen molar-refractivity contribution in [2.45, 2.75) is 38.8 Å². The lowest BCUT2D eigenvalue weighted by Gasteiger charge is -2.16. The molecule has 19 heavy (non-hydrogen) atoms. The van der Waals surface area contributed by atoms with Gasteiger partial charge >= 0.3 is 0 Å². The number of likely N-dealkylation sites (tertiary alicyclic amines) is 1. The summed E-state index contributed by atoms with van der Waals surface area (Å²) in [4.78, 5) is 18.0. The SMILES string of the molecule is Cc1ccc(OC2CCN(C)C2=O)c(CC(C)N)n1. The summed E-state index contributed by atoms with van der Waals surface area (Å²) in [6, 6.07) is 3.79. The molecule has 0 bridgehead atoms. The molecule has 2 rings (SSSR count). The number of amides is 1. The summed E-state index contributed by atoms with van der Waals surface area (Å²) in [6.45, 7) is 4.61. The van der Waals surface area contributed by atoms with Gasteiger partial charge in [0.1, 0.15) is 5.75 Å².